The van der Waals surface area contributed by atoms with Crippen LogP contribution in [0.4, 0.5) is 11.4 Å². The fourth-order valence-corrected chi connectivity index (χ4v) is 4.12. The molecule has 1 saturated heterocycles. The van der Waals surface area contributed by atoms with Crippen LogP contribution in [0, 0.1) is 0 Å². The summed E-state index contributed by atoms with van der Waals surface area (Å²) >= 11 is 0. The van der Waals surface area contributed by atoms with Gasteiger partial charge < -0.3 is 24.0 Å². The molecule has 0 bridgehead atoms. The van der Waals surface area contributed by atoms with E-state index in [4.69, 9.17) is 9.51 Å². The molecule has 0 radical (unpaired) electrons. The third-order valence-electron chi connectivity index (χ3n) is 5.92. The van der Waals surface area contributed by atoms with E-state index in [1.807, 2.05) is 50.4 Å². The minimum absolute atomic E-state index is 0.252. The van der Waals surface area contributed by atoms with Crippen molar-refractivity contribution in [2.75, 3.05) is 44.4 Å². The topological polar surface area (TPSA) is 78.9 Å². The number of pyridine rings is 1. The summed E-state index contributed by atoms with van der Waals surface area (Å²) in [6.07, 6.45) is 8.29. The van der Waals surface area contributed by atoms with E-state index in [-0.39, 0.29) is 5.92 Å². The van der Waals surface area contributed by atoms with Crippen LogP contribution in [0.15, 0.2) is 65.6 Å². The molecule has 8 nitrogen and oxygen atoms in total. The molecule has 0 aliphatic carbocycles. The van der Waals surface area contributed by atoms with Crippen molar-refractivity contribution >= 4 is 23.3 Å². The zero-order chi connectivity index (χ0) is 23.2. The number of hydrogen-bond donors (Lipinski definition) is 1. The van der Waals surface area contributed by atoms with Gasteiger partial charge in [-0.3, -0.25) is 4.79 Å². The molecule has 3 aromatic heterocycles. The van der Waals surface area contributed by atoms with Crippen molar-refractivity contribution in [1.29, 1.82) is 0 Å². The predicted octanol–water partition coefficient (Wildman–Crippen LogP) is 4.12. The fourth-order valence-electron chi connectivity index (χ4n) is 4.12. The molecule has 172 valence electrons. The molecular weight excluding hydrogens is 416 g/mol. The summed E-state index contributed by atoms with van der Waals surface area (Å²) in [7, 11) is 5.99. The SMILES string of the molecule is CNc1ccc(N(C)C)cc1.O=CN1CCCC(c2nc(-c3cnoc3)c3ccccn23)C1. The van der Waals surface area contributed by atoms with Gasteiger partial charge >= 0.3 is 0 Å². The van der Waals surface area contributed by atoms with Crippen molar-refractivity contribution in [3.63, 3.8) is 0 Å². The van der Waals surface area contributed by atoms with Crippen LogP contribution < -0.4 is 10.2 Å². The maximum atomic E-state index is 11.1. The number of carbonyl (C=O) groups is 1. The van der Waals surface area contributed by atoms with Gasteiger partial charge in [0.25, 0.3) is 0 Å². The van der Waals surface area contributed by atoms with Gasteiger partial charge in [0, 0.05) is 57.7 Å². The quantitative estimate of drug-likeness (QED) is 0.465. The second-order valence-electron chi connectivity index (χ2n) is 8.32. The molecule has 1 N–H and O–H groups in total. The first-order valence-electron chi connectivity index (χ1n) is 11.1. The van der Waals surface area contributed by atoms with Crippen LogP contribution in [0.25, 0.3) is 16.8 Å². The molecule has 5 rings (SSSR count). The van der Waals surface area contributed by atoms with Crippen LogP contribution in [-0.4, -0.2) is 60.1 Å². The van der Waals surface area contributed by atoms with Crippen molar-refractivity contribution in [1.82, 2.24) is 19.4 Å². The van der Waals surface area contributed by atoms with Crippen LogP contribution >= 0.6 is 0 Å². The van der Waals surface area contributed by atoms with Crippen LogP contribution in [0.2, 0.25) is 0 Å². The number of rotatable bonds is 5. The Morgan fingerprint density at radius 3 is 2.67 bits per heavy atom. The van der Waals surface area contributed by atoms with Gasteiger partial charge in [0.15, 0.2) is 0 Å². The first kappa shape index (κ1) is 22.4. The molecule has 1 aliphatic heterocycles. The van der Waals surface area contributed by atoms with Gasteiger partial charge in [-0.05, 0) is 49.2 Å². The Hall–Kier alpha value is -3.81. The number of benzene rings is 1. The lowest BCUT2D eigenvalue weighted by Crippen LogP contribution is -2.33. The van der Waals surface area contributed by atoms with Gasteiger partial charge in [0.1, 0.15) is 17.8 Å². The molecule has 1 atom stereocenters. The highest BCUT2D eigenvalue weighted by molar-refractivity contribution is 5.76. The Labute approximate surface area is 193 Å². The molecule has 0 spiro atoms. The number of nitrogens with zero attached hydrogens (tertiary/aromatic N) is 5. The van der Waals surface area contributed by atoms with E-state index in [9.17, 15) is 4.79 Å². The zero-order valence-electron chi connectivity index (χ0n) is 19.3. The number of imidazole rings is 1. The molecule has 1 fully saturated rings. The molecule has 1 amide bonds. The number of nitrogens with one attached hydrogen (secondary N) is 1. The molecule has 1 aliphatic rings. The summed E-state index contributed by atoms with van der Waals surface area (Å²) in [4.78, 5) is 19.8. The lowest BCUT2D eigenvalue weighted by atomic mass is 9.98. The molecular formula is C25H30N6O2. The second kappa shape index (κ2) is 10.2. The van der Waals surface area contributed by atoms with Gasteiger partial charge in [-0.1, -0.05) is 11.2 Å². The van der Waals surface area contributed by atoms with Gasteiger partial charge in [0.2, 0.25) is 6.41 Å². The van der Waals surface area contributed by atoms with Gasteiger partial charge in [-0.25, -0.2) is 4.98 Å². The monoisotopic (exact) mass is 446 g/mol. The first-order chi connectivity index (χ1) is 16.1. The van der Waals surface area contributed by atoms with E-state index in [1.165, 1.54) is 5.69 Å². The predicted molar refractivity (Wildman–Crippen MR) is 131 cm³/mol. The summed E-state index contributed by atoms with van der Waals surface area (Å²) in [5.41, 5.74) is 5.15. The third kappa shape index (κ3) is 5.00. The van der Waals surface area contributed by atoms with E-state index in [1.54, 1.807) is 12.5 Å². The van der Waals surface area contributed by atoms with Crippen molar-refractivity contribution in [3.8, 4) is 11.3 Å². The van der Waals surface area contributed by atoms with Gasteiger partial charge in [-0.15, -0.1) is 0 Å². The number of hydrogen-bond acceptors (Lipinski definition) is 6. The van der Waals surface area contributed by atoms with E-state index >= 15 is 0 Å². The average molecular weight is 447 g/mol. The van der Waals surface area contributed by atoms with E-state index < -0.39 is 0 Å². The number of carbonyl (C=O) groups excluding carboxylic acids is 1. The van der Waals surface area contributed by atoms with Gasteiger partial charge in [0.05, 0.1) is 17.3 Å². The highest BCUT2D eigenvalue weighted by atomic mass is 16.5. The lowest BCUT2D eigenvalue weighted by molar-refractivity contribution is -0.119. The highest BCUT2D eigenvalue weighted by Crippen LogP contribution is 2.31. The summed E-state index contributed by atoms with van der Waals surface area (Å²) in [6, 6.07) is 14.3. The second-order valence-corrected chi connectivity index (χ2v) is 8.32. The number of fused-ring (bicyclic) bond motifs is 1. The van der Waals surface area contributed by atoms with E-state index in [2.05, 4.69) is 44.0 Å². The Morgan fingerprint density at radius 1 is 1.18 bits per heavy atom. The van der Waals surface area contributed by atoms with E-state index in [0.717, 1.165) is 60.6 Å². The minimum Gasteiger partial charge on any atom is -0.388 e. The van der Waals surface area contributed by atoms with Gasteiger partial charge in [-0.2, -0.15) is 0 Å². The molecule has 33 heavy (non-hydrogen) atoms. The summed E-state index contributed by atoms with van der Waals surface area (Å²) in [6.45, 7) is 1.56. The number of anilines is 2. The molecule has 8 heteroatoms. The molecule has 0 saturated carbocycles. The summed E-state index contributed by atoms with van der Waals surface area (Å²) in [5.74, 6) is 1.25. The number of piperidine rings is 1. The van der Waals surface area contributed by atoms with Crippen LogP contribution in [-0.2, 0) is 4.79 Å². The zero-order valence-corrected chi connectivity index (χ0v) is 19.3. The Bertz CT molecular complexity index is 1170. The van der Waals surface area contributed by atoms with Crippen molar-refractivity contribution < 1.29 is 9.32 Å². The molecule has 4 aromatic rings. The largest absolute Gasteiger partial charge is 0.388 e. The summed E-state index contributed by atoms with van der Waals surface area (Å²) in [5, 5.41) is 6.85. The maximum absolute atomic E-state index is 11.1. The molecule has 1 unspecified atom stereocenters. The lowest BCUT2D eigenvalue weighted by Gasteiger charge is -2.29. The number of amides is 1. The Balaban J connectivity index is 0.000000200. The van der Waals surface area contributed by atoms with E-state index in [0.29, 0.717) is 0 Å². The normalized spacial score (nSPS) is 15.6. The standard InChI is InChI=1S/C16H16N4O2.C9H14N2/c21-11-19-6-3-4-12(9-19)16-18-15(13-8-17-22-10-13)14-5-1-2-7-20(14)16;1-10-8-4-6-9(7-5-8)11(2)3/h1-2,5,7-8,10-12H,3-4,6,9H2;4-7,10H,1-3H3. The smallest absolute Gasteiger partial charge is 0.209 e. The first-order valence-corrected chi connectivity index (χ1v) is 11.1. The van der Waals surface area contributed by atoms with Crippen LogP contribution in [0.5, 0.6) is 0 Å². The minimum atomic E-state index is 0.252. The molecule has 4 heterocycles. The highest BCUT2D eigenvalue weighted by Gasteiger charge is 2.25. The van der Waals surface area contributed by atoms with Crippen molar-refractivity contribution in [2.45, 2.75) is 18.8 Å². The molecule has 1 aromatic carbocycles. The Kier molecular flexibility index (Phi) is 6.92. The van der Waals surface area contributed by atoms with Crippen molar-refractivity contribution in [2.24, 2.45) is 0 Å². The fraction of sp³-hybridized carbons (Fsp3) is 0.320. The number of likely N-dealkylation sites (tertiary alicyclic amines) is 1. The maximum Gasteiger partial charge on any atom is 0.209 e. The van der Waals surface area contributed by atoms with Crippen molar-refractivity contribution in [3.05, 3.63) is 66.9 Å². The number of aromatic nitrogens is 3. The summed E-state index contributed by atoms with van der Waals surface area (Å²) < 4.78 is 7.07. The Morgan fingerprint density at radius 2 is 2.00 bits per heavy atom. The van der Waals surface area contributed by atoms with Crippen LogP contribution in [0.1, 0.15) is 24.6 Å². The third-order valence-corrected chi connectivity index (χ3v) is 5.92. The van der Waals surface area contributed by atoms with Crippen LogP contribution in [0.3, 0.4) is 0 Å². The average Bonchev–Trinajstić information content (AvgIpc) is 3.53.